The van der Waals surface area contributed by atoms with Crippen LogP contribution in [0.25, 0.3) is 0 Å². The van der Waals surface area contributed by atoms with E-state index in [0.717, 1.165) is 12.1 Å². The van der Waals surface area contributed by atoms with Crippen LogP contribution in [0.3, 0.4) is 0 Å². The monoisotopic (exact) mass is 342 g/mol. The zero-order valence-electron chi connectivity index (χ0n) is 15.4. The minimum absolute atomic E-state index is 0.102. The van der Waals surface area contributed by atoms with Crippen LogP contribution in [0.15, 0.2) is 48.5 Å². The Hall–Kier alpha value is -2.20. The summed E-state index contributed by atoms with van der Waals surface area (Å²) in [6.07, 6.45) is 1.09. The molecule has 0 aliphatic heterocycles. The first kappa shape index (κ1) is 19.1. The van der Waals surface area contributed by atoms with Crippen LogP contribution in [0.5, 0.6) is 0 Å². The third-order valence-electron chi connectivity index (χ3n) is 4.78. The fourth-order valence-corrected chi connectivity index (χ4v) is 2.61. The fourth-order valence-electron chi connectivity index (χ4n) is 2.61. The van der Waals surface area contributed by atoms with Crippen molar-refractivity contribution >= 4 is 11.6 Å². The summed E-state index contributed by atoms with van der Waals surface area (Å²) in [6.45, 7) is 6.55. The molecule has 1 amide bonds. The number of carbonyl (C=O) groups excluding carboxylic acids is 1. The minimum atomic E-state index is -0.367. The van der Waals surface area contributed by atoms with Gasteiger partial charge in [-0.3, -0.25) is 9.69 Å². The van der Waals surface area contributed by atoms with Crippen LogP contribution >= 0.6 is 0 Å². The predicted molar refractivity (Wildman–Crippen MR) is 101 cm³/mol. The number of amides is 1. The average molecular weight is 342 g/mol. The molecule has 0 aliphatic carbocycles. The van der Waals surface area contributed by atoms with Crippen molar-refractivity contribution in [3.8, 4) is 0 Å². The molecule has 0 fully saturated rings. The highest BCUT2D eigenvalue weighted by Crippen LogP contribution is 2.20. The van der Waals surface area contributed by atoms with Gasteiger partial charge >= 0.3 is 0 Å². The molecule has 2 rings (SSSR count). The molecule has 0 radical (unpaired) electrons. The number of rotatable bonds is 7. The fraction of sp³-hybridized carbons (Fsp3) is 0.381. The Kier molecular flexibility index (Phi) is 6.71. The highest BCUT2D eigenvalue weighted by Gasteiger charge is 2.19. The minimum Gasteiger partial charge on any atom is -0.325 e. The van der Waals surface area contributed by atoms with Gasteiger partial charge in [0.25, 0.3) is 0 Å². The molecule has 2 atom stereocenters. The topological polar surface area (TPSA) is 32.3 Å². The summed E-state index contributed by atoms with van der Waals surface area (Å²) in [5.74, 6) is 0.160. The quantitative estimate of drug-likeness (QED) is 0.784. The van der Waals surface area contributed by atoms with Crippen LogP contribution in [0.4, 0.5) is 10.1 Å². The number of likely N-dealkylation sites (N-methyl/N-ethyl adjacent to an activating group) is 1. The van der Waals surface area contributed by atoms with Gasteiger partial charge in [0.05, 0.1) is 6.04 Å². The van der Waals surface area contributed by atoms with Crippen LogP contribution in [-0.2, 0) is 11.3 Å². The molecule has 0 aromatic heterocycles. The van der Waals surface area contributed by atoms with Gasteiger partial charge in [0.1, 0.15) is 5.82 Å². The lowest BCUT2D eigenvalue weighted by atomic mass is 9.98. The second kappa shape index (κ2) is 8.77. The second-order valence-electron chi connectivity index (χ2n) is 6.60. The summed E-state index contributed by atoms with van der Waals surface area (Å²) in [5.41, 5.74) is 2.64. The number of hydrogen-bond donors (Lipinski definition) is 1. The van der Waals surface area contributed by atoms with Crippen LogP contribution < -0.4 is 5.32 Å². The second-order valence-corrected chi connectivity index (χ2v) is 6.60. The number of nitrogens with one attached hydrogen (secondary N) is 1. The molecule has 0 unspecified atom stereocenters. The van der Waals surface area contributed by atoms with Crippen molar-refractivity contribution in [1.29, 1.82) is 0 Å². The first-order valence-electron chi connectivity index (χ1n) is 8.76. The smallest absolute Gasteiger partial charge is 0.241 e. The van der Waals surface area contributed by atoms with Crippen molar-refractivity contribution in [2.75, 3.05) is 12.4 Å². The Morgan fingerprint density at radius 1 is 1.12 bits per heavy atom. The molecule has 134 valence electrons. The van der Waals surface area contributed by atoms with Gasteiger partial charge in [-0.1, -0.05) is 44.2 Å². The standard InChI is InChI=1S/C21H27FN2O/c1-5-15(2)17-10-12-19(13-11-17)23-21(25)16(3)24(4)14-18-8-6-7-9-20(18)22/h6-13,15-16H,5,14H2,1-4H3,(H,23,25)/t15-,16-/m1/s1. The largest absolute Gasteiger partial charge is 0.325 e. The van der Waals surface area contributed by atoms with E-state index in [-0.39, 0.29) is 17.8 Å². The third kappa shape index (κ3) is 5.13. The van der Waals surface area contributed by atoms with Gasteiger partial charge in [-0.25, -0.2) is 4.39 Å². The third-order valence-corrected chi connectivity index (χ3v) is 4.78. The van der Waals surface area contributed by atoms with Gasteiger partial charge in [0.2, 0.25) is 5.91 Å². The van der Waals surface area contributed by atoms with Gasteiger partial charge in [-0.05, 0) is 50.1 Å². The Bertz CT molecular complexity index is 699. The zero-order valence-corrected chi connectivity index (χ0v) is 15.4. The Morgan fingerprint density at radius 2 is 1.76 bits per heavy atom. The highest BCUT2D eigenvalue weighted by molar-refractivity contribution is 5.94. The molecule has 4 heteroatoms. The van der Waals surface area contributed by atoms with Crippen LogP contribution in [0.2, 0.25) is 0 Å². The molecular formula is C21H27FN2O. The molecular weight excluding hydrogens is 315 g/mol. The van der Waals surface area contributed by atoms with Crippen LogP contribution in [0.1, 0.15) is 44.2 Å². The van der Waals surface area contributed by atoms with E-state index in [9.17, 15) is 9.18 Å². The summed E-state index contributed by atoms with van der Waals surface area (Å²) in [5, 5.41) is 2.93. The Labute approximate surface area is 149 Å². The normalized spacial score (nSPS) is 13.5. The van der Waals surface area contributed by atoms with E-state index in [1.54, 1.807) is 18.2 Å². The van der Waals surface area contributed by atoms with E-state index in [4.69, 9.17) is 0 Å². The first-order valence-corrected chi connectivity index (χ1v) is 8.76. The lowest BCUT2D eigenvalue weighted by Gasteiger charge is -2.24. The predicted octanol–water partition coefficient (Wildman–Crippen LogP) is 4.80. The summed E-state index contributed by atoms with van der Waals surface area (Å²) >= 11 is 0. The molecule has 25 heavy (non-hydrogen) atoms. The Morgan fingerprint density at radius 3 is 2.36 bits per heavy atom. The van der Waals surface area contributed by atoms with Gasteiger partial charge < -0.3 is 5.32 Å². The molecule has 0 saturated heterocycles. The maximum atomic E-state index is 13.8. The summed E-state index contributed by atoms with van der Waals surface area (Å²) in [6, 6.07) is 14.2. The van der Waals surface area contributed by atoms with Crippen molar-refractivity contribution in [3.05, 3.63) is 65.5 Å². The number of nitrogens with zero attached hydrogens (tertiary/aromatic N) is 1. The van der Waals surface area contributed by atoms with E-state index in [1.807, 2.05) is 31.0 Å². The summed E-state index contributed by atoms with van der Waals surface area (Å²) in [4.78, 5) is 14.3. The van der Waals surface area contributed by atoms with Crippen molar-refractivity contribution in [2.24, 2.45) is 0 Å². The Balaban J connectivity index is 1.96. The van der Waals surface area contributed by atoms with Crippen LogP contribution in [0, 0.1) is 5.82 Å². The summed E-state index contributed by atoms with van der Waals surface area (Å²) < 4.78 is 13.8. The van der Waals surface area contributed by atoms with Crippen molar-refractivity contribution < 1.29 is 9.18 Å². The molecule has 0 bridgehead atoms. The zero-order chi connectivity index (χ0) is 18.4. The molecule has 2 aromatic carbocycles. The number of halogens is 1. The summed E-state index contributed by atoms with van der Waals surface area (Å²) in [7, 11) is 1.82. The van der Waals surface area contributed by atoms with E-state index in [0.29, 0.717) is 18.0 Å². The molecule has 0 spiro atoms. The lowest BCUT2D eigenvalue weighted by molar-refractivity contribution is -0.120. The van der Waals surface area contributed by atoms with E-state index in [1.165, 1.54) is 11.6 Å². The maximum Gasteiger partial charge on any atom is 0.241 e. The molecule has 0 heterocycles. The number of carbonyl (C=O) groups is 1. The van der Waals surface area contributed by atoms with E-state index >= 15 is 0 Å². The molecule has 0 aliphatic rings. The molecule has 0 saturated carbocycles. The van der Waals surface area contributed by atoms with Gasteiger partial charge in [-0.2, -0.15) is 0 Å². The first-order chi connectivity index (χ1) is 11.9. The SMILES string of the molecule is CC[C@@H](C)c1ccc(NC(=O)[C@@H](C)N(C)Cc2ccccc2F)cc1. The van der Waals surface area contributed by atoms with Crippen molar-refractivity contribution in [1.82, 2.24) is 4.90 Å². The lowest BCUT2D eigenvalue weighted by Crippen LogP contribution is -2.39. The van der Waals surface area contributed by atoms with Gasteiger partial charge in [-0.15, -0.1) is 0 Å². The molecule has 1 N–H and O–H groups in total. The van der Waals surface area contributed by atoms with Crippen molar-refractivity contribution in [2.45, 2.75) is 45.7 Å². The number of hydrogen-bond acceptors (Lipinski definition) is 2. The van der Waals surface area contributed by atoms with Crippen LogP contribution in [-0.4, -0.2) is 23.9 Å². The average Bonchev–Trinajstić information content (AvgIpc) is 2.62. The van der Waals surface area contributed by atoms with Crippen molar-refractivity contribution in [3.63, 3.8) is 0 Å². The number of anilines is 1. The van der Waals surface area contributed by atoms with Gasteiger partial charge in [0.15, 0.2) is 0 Å². The van der Waals surface area contributed by atoms with Gasteiger partial charge in [0, 0.05) is 17.8 Å². The molecule has 2 aromatic rings. The highest BCUT2D eigenvalue weighted by atomic mass is 19.1. The van der Waals surface area contributed by atoms with E-state index in [2.05, 4.69) is 31.3 Å². The van der Waals surface area contributed by atoms with E-state index < -0.39 is 0 Å². The molecule has 3 nitrogen and oxygen atoms in total. The number of benzene rings is 2. The maximum absolute atomic E-state index is 13.8.